The Kier molecular flexibility index (Phi) is 54.8. The molecule has 0 amide bonds. The second-order valence-electron chi connectivity index (χ2n) is 19.9. The van der Waals surface area contributed by atoms with Crippen molar-refractivity contribution in [3.8, 4) is 0 Å². The van der Waals surface area contributed by atoms with Crippen LogP contribution in [0.1, 0.15) is 310 Å². The third-order valence-corrected chi connectivity index (χ3v) is 13.0. The van der Waals surface area contributed by atoms with E-state index in [4.69, 9.17) is 14.2 Å². The summed E-state index contributed by atoms with van der Waals surface area (Å²) in [5, 5.41) is 0. The second-order valence-corrected chi connectivity index (χ2v) is 19.9. The fourth-order valence-electron chi connectivity index (χ4n) is 8.51. The molecule has 396 valence electrons. The Labute approximate surface area is 422 Å². The first kappa shape index (κ1) is 65.4. The minimum Gasteiger partial charge on any atom is -0.462 e. The Morgan fingerprint density at radius 2 is 0.544 bits per heavy atom. The van der Waals surface area contributed by atoms with E-state index < -0.39 is 6.10 Å². The quantitative estimate of drug-likeness (QED) is 0.0262. The molecule has 0 bridgehead atoms. The van der Waals surface area contributed by atoms with Crippen molar-refractivity contribution in [2.45, 2.75) is 316 Å². The second kappa shape index (κ2) is 57.0. The Morgan fingerprint density at radius 3 is 0.868 bits per heavy atom. The highest BCUT2D eigenvalue weighted by molar-refractivity contribution is 5.71. The lowest BCUT2D eigenvalue weighted by Gasteiger charge is -2.18. The Hall–Kier alpha value is -2.63. The van der Waals surface area contributed by atoms with E-state index in [0.717, 1.165) is 77.0 Å². The highest BCUT2D eigenvalue weighted by Gasteiger charge is 2.19. The Morgan fingerprint density at radius 1 is 0.294 bits per heavy atom. The summed E-state index contributed by atoms with van der Waals surface area (Å²) in [7, 11) is 0. The van der Waals surface area contributed by atoms with Gasteiger partial charge in [-0.25, -0.2) is 0 Å². The smallest absolute Gasteiger partial charge is 0.306 e. The van der Waals surface area contributed by atoms with Gasteiger partial charge in [0.25, 0.3) is 0 Å². The van der Waals surface area contributed by atoms with Gasteiger partial charge in [-0.15, -0.1) is 0 Å². The summed E-state index contributed by atoms with van der Waals surface area (Å²) in [5.74, 6) is -0.885. The number of carbonyl (C=O) groups is 3. The third-order valence-electron chi connectivity index (χ3n) is 13.0. The molecule has 0 radical (unpaired) electrons. The lowest BCUT2D eigenvalue weighted by Crippen LogP contribution is -2.30. The van der Waals surface area contributed by atoms with Crippen LogP contribution < -0.4 is 0 Å². The molecular formula is C62H112O6. The van der Waals surface area contributed by atoms with Gasteiger partial charge >= 0.3 is 17.9 Å². The van der Waals surface area contributed by atoms with Crippen molar-refractivity contribution >= 4 is 17.9 Å². The number of esters is 3. The number of ether oxygens (including phenoxy) is 3. The summed E-state index contributed by atoms with van der Waals surface area (Å²) in [6, 6.07) is 0. The first-order valence-electron chi connectivity index (χ1n) is 29.6. The number of allylic oxidation sites excluding steroid dienone is 8. The summed E-state index contributed by atoms with van der Waals surface area (Å²) < 4.78 is 16.9. The van der Waals surface area contributed by atoms with Crippen molar-refractivity contribution < 1.29 is 28.6 Å². The van der Waals surface area contributed by atoms with Gasteiger partial charge in [0.15, 0.2) is 6.10 Å². The van der Waals surface area contributed by atoms with Gasteiger partial charge in [-0.3, -0.25) is 14.4 Å². The normalized spacial score (nSPS) is 12.3. The molecule has 0 aromatic carbocycles. The molecule has 0 unspecified atom stereocenters. The molecule has 0 saturated carbocycles. The Bertz CT molecular complexity index is 1190. The zero-order chi connectivity index (χ0) is 49.3. The van der Waals surface area contributed by atoms with Crippen LogP contribution in [0.25, 0.3) is 0 Å². The molecule has 0 rings (SSSR count). The van der Waals surface area contributed by atoms with E-state index in [1.165, 1.54) is 193 Å². The number of hydrogen-bond donors (Lipinski definition) is 0. The fourth-order valence-corrected chi connectivity index (χ4v) is 8.51. The third kappa shape index (κ3) is 54.3. The van der Waals surface area contributed by atoms with Crippen molar-refractivity contribution in [3.05, 3.63) is 48.6 Å². The molecular weight excluding hydrogens is 841 g/mol. The average molecular weight is 954 g/mol. The lowest BCUT2D eigenvalue weighted by atomic mass is 10.1. The zero-order valence-electron chi connectivity index (χ0n) is 45.4. The maximum Gasteiger partial charge on any atom is 0.306 e. The molecule has 0 N–H and O–H groups in total. The van der Waals surface area contributed by atoms with E-state index in [9.17, 15) is 14.4 Å². The van der Waals surface area contributed by atoms with Crippen molar-refractivity contribution in [1.82, 2.24) is 0 Å². The van der Waals surface area contributed by atoms with Crippen molar-refractivity contribution in [2.24, 2.45) is 0 Å². The van der Waals surface area contributed by atoms with Gasteiger partial charge in [-0.1, -0.05) is 243 Å². The van der Waals surface area contributed by atoms with E-state index in [1.807, 2.05) is 0 Å². The first-order chi connectivity index (χ1) is 33.5. The predicted octanol–water partition coefficient (Wildman–Crippen LogP) is 19.8. The molecule has 1 atom stereocenters. The molecule has 0 spiro atoms. The van der Waals surface area contributed by atoms with Gasteiger partial charge in [0.05, 0.1) is 0 Å². The molecule has 6 heteroatoms. The van der Waals surface area contributed by atoms with Crippen LogP contribution in [0.5, 0.6) is 0 Å². The summed E-state index contributed by atoms with van der Waals surface area (Å²) >= 11 is 0. The lowest BCUT2D eigenvalue weighted by molar-refractivity contribution is -0.167. The minimum atomic E-state index is -0.781. The van der Waals surface area contributed by atoms with E-state index in [2.05, 4.69) is 69.4 Å². The molecule has 0 saturated heterocycles. The minimum absolute atomic E-state index is 0.0788. The van der Waals surface area contributed by atoms with E-state index >= 15 is 0 Å². The van der Waals surface area contributed by atoms with Crippen molar-refractivity contribution in [1.29, 1.82) is 0 Å². The first-order valence-corrected chi connectivity index (χ1v) is 29.6. The van der Waals surface area contributed by atoms with Gasteiger partial charge in [0, 0.05) is 19.3 Å². The van der Waals surface area contributed by atoms with Crippen LogP contribution in [-0.4, -0.2) is 37.2 Å². The van der Waals surface area contributed by atoms with Crippen LogP contribution in [0.3, 0.4) is 0 Å². The summed E-state index contributed by atoms with van der Waals surface area (Å²) in [6.45, 7) is 6.61. The highest BCUT2D eigenvalue weighted by atomic mass is 16.6. The monoisotopic (exact) mass is 953 g/mol. The molecule has 6 nitrogen and oxygen atoms in total. The molecule has 0 aliphatic carbocycles. The van der Waals surface area contributed by atoms with Gasteiger partial charge in [0.2, 0.25) is 0 Å². The topological polar surface area (TPSA) is 78.9 Å². The molecule has 0 fully saturated rings. The number of hydrogen-bond acceptors (Lipinski definition) is 6. The molecule has 0 aromatic rings. The molecule has 0 aliphatic heterocycles. The van der Waals surface area contributed by atoms with E-state index in [0.29, 0.717) is 19.3 Å². The molecule has 0 heterocycles. The Balaban J connectivity index is 4.36. The standard InChI is InChI=1S/C62H112O6/c1-4-7-10-13-16-19-22-25-28-30-31-33-34-37-40-43-46-49-52-55-61(64)67-58-59(57-66-60(63)54-51-48-45-42-39-36-27-24-21-18-15-12-9-6-3)68-62(65)56-53-50-47-44-41-38-35-32-29-26-23-20-17-14-11-8-5-2/h15,18,24-29,59H,4-14,16-17,19-23,30-58H2,1-3H3/b18-15+,27-24+,28-25+,29-26+/t59-/m1/s1. The maximum absolute atomic E-state index is 12.9. The van der Waals surface area contributed by atoms with Crippen LogP contribution >= 0.6 is 0 Å². The van der Waals surface area contributed by atoms with Crippen LogP contribution in [-0.2, 0) is 28.6 Å². The van der Waals surface area contributed by atoms with E-state index in [1.54, 1.807) is 0 Å². The highest BCUT2D eigenvalue weighted by Crippen LogP contribution is 2.16. The van der Waals surface area contributed by atoms with Crippen LogP contribution in [0.2, 0.25) is 0 Å². The van der Waals surface area contributed by atoms with Gasteiger partial charge in [0.1, 0.15) is 13.2 Å². The predicted molar refractivity (Wildman–Crippen MR) is 293 cm³/mol. The van der Waals surface area contributed by atoms with Gasteiger partial charge < -0.3 is 14.2 Å². The van der Waals surface area contributed by atoms with E-state index in [-0.39, 0.29) is 31.1 Å². The number of carbonyl (C=O) groups excluding carboxylic acids is 3. The molecule has 68 heavy (non-hydrogen) atoms. The van der Waals surface area contributed by atoms with Crippen molar-refractivity contribution in [2.75, 3.05) is 13.2 Å². The zero-order valence-corrected chi connectivity index (χ0v) is 45.4. The fraction of sp³-hybridized carbons (Fsp3) is 0.823. The van der Waals surface area contributed by atoms with Gasteiger partial charge in [-0.2, -0.15) is 0 Å². The molecule has 0 aliphatic rings. The average Bonchev–Trinajstić information content (AvgIpc) is 3.34. The largest absolute Gasteiger partial charge is 0.462 e. The summed E-state index contributed by atoms with van der Waals surface area (Å²) in [5.41, 5.74) is 0. The van der Waals surface area contributed by atoms with Gasteiger partial charge in [-0.05, 0) is 96.3 Å². The van der Waals surface area contributed by atoms with Crippen molar-refractivity contribution in [3.63, 3.8) is 0 Å². The van der Waals surface area contributed by atoms with Crippen LogP contribution in [0.4, 0.5) is 0 Å². The van der Waals surface area contributed by atoms with Crippen LogP contribution in [0, 0.1) is 0 Å². The molecule has 0 aromatic heterocycles. The summed E-state index contributed by atoms with van der Waals surface area (Å²) in [6.07, 6.45) is 69.6. The number of unbranched alkanes of at least 4 members (excludes halogenated alkanes) is 35. The SMILES string of the molecule is CCCC/C=C/C/C=C/CCCCCCCC(=O)OC[C@H](COC(=O)CCCCCCCCCCC/C=C/CCCCCCCC)OC(=O)CCCCCCCCC/C=C/CCCCCCCC. The number of rotatable bonds is 54. The summed E-state index contributed by atoms with van der Waals surface area (Å²) in [4.78, 5) is 38.2. The maximum atomic E-state index is 12.9. The van der Waals surface area contributed by atoms with Crippen LogP contribution in [0.15, 0.2) is 48.6 Å².